The maximum Gasteiger partial charge on any atom is 0.497 e. The Labute approximate surface area is 227 Å². The Morgan fingerprint density at radius 1 is 0.568 bits per heavy atom. The van der Waals surface area contributed by atoms with Crippen molar-refractivity contribution in [2.24, 2.45) is 0 Å². The molecule has 0 unspecified atom stereocenters. The van der Waals surface area contributed by atoms with Crippen LogP contribution < -0.4 is 9.05 Å². The van der Waals surface area contributed by atoms with E-state index in [9.17, 15) is 4.53 Å². The molecule has 2 rings (SSSR count). The van der Waals surface area contributed by atoms with Crippen molar-refractivity contribution in [3.05, 3.63) is 57.6 Å². The SMILES string of the molecule is CCc1ccc(C(C)(C)C)c(OP(OF)Oc2c(C(C)(C)C)ccc(CC)c2C(C)(C)C)c1C(C)(C)C. The molecule has 208 valence electrons. The molecule has 37 heavy (non-hydrogen) atoms. The van der Waals surface area contributed by atoms with Crippen LogP contribution in [0.2, 0.25) is 0 Å². The van der Waals surface area contributed by atoms with Crippen molar-refractivity contribution in [1.82, 2.24) is 0 Å². The third kappa shape index (κ3) is 7.27. The Morgan fingerprint density at radius 2 is 0.892 bits per heavy atom. The lowest BCUT2D eigenvalue weighted by atomic mass is 9.77. The average Bonchev–Trinajstić information content (AvgIpc) is 2.74. The summed E-state index contributed by atoms with van der Waals surface area (Å²) < 4.78 is 31.8. The summed E-state index contributed by atoms with van der Waals surface area (Å²) in [5.41, 5.74) is 5.68. The van der Waals surface area contributed by atoms with Crippen molar-refractivity contribution >= 4 is 8.60 Å². The van der Waals surface area contributed by atoms with Crippen molar-refractivity contribution in [3.8, 4) is 11.5 Å². The van der Waals surface area contributed by atoms with E-state index in [1.54, 1.807) is 0 Å². The van der Waals surface area contributed by atoms with Gasteiger partial charge in [-0.2, -0.15) is 0 Å². The first-order valence-electron chi connectivity index (χ1n) is 13.6. The van der Waals surface area contributed by atoms with E-state index in [1.165, 1.54) is 11.1 Å². The predicted octanol–water partition coefficient (Wildman–Crippen LogP) is 10.6. The summed E-state index contributed by atoms with van der Waals surface area (Å²) >= 11 is 0. The quantitative estimate of drug-likeness (QED) is 0.332. The van der Waals surface area contributed by atoms with Crippen LogP contribution in [0.5, 0.6) is 11.5 Å². The summed E-state index contributed by atoms with van der Waals surface area (Å²) in [6.45, 7) is 30.1. The monoisotopic (exact) mass is 532 g/mol. The molecule has 0 amide bonds. The number of aryl methyl sites for hydroxylation is 2. The molecule has 0 N–H and O–H groups in total. The Bertz CT molecular complexity index is 994. The van der Waals surface area contributed by atoms with Crippen molar-refractivity contribution in [2.75, 3.05) is 0 Å². The topological polar surface area (TPSA) is 27.7 Å². The summed E-state index contributed by atoms with van der Waals surface area (Å²) in [4.78, 5) is 0. The molecule has 3 nitrogen and oxygen atoms in total. The van der Waals surface area contributed by atoms with Gasteiger partial charge in [-0.1, -0.05) is 126 Å². The highest BCUT2D eigenvalue weighted by Crippen LogP contribution is 2.53. The smallest absolute Gasteiger partial charge is 0.415 e. The summed E-state index contributed by atoms with van der Waals surface area (Å²) in [5, 5.41) is 0. The standard InChI is InChI=1S/C32H50FO3P/c1-15-21-17-19-23(29(3,4)5)27(25(21)31(9,10)11)34-37(36-33)35-28-24(30(6,7)8)20-18-22(16-2)26(28)32(12,13)14/h17-20H,15-16H2,1-14H3. The fraction of sp³-hybridized carbons (Fsp3) is 0.625. The van der Waals surface area contributed by atoms with Gasteiger partial charge in [-0.25, -0.2) is 0 Å². The van der Waals surface area contributed by atoms with E-state index < -0.39 is 8.60 Å². The van der Waals surface area contributed by atoms with Gasteiger partial charge < -0.3 is 9.05 Å². The van der Waals surface area contributed by atoms with Crippen LogP contribution >= 0.6 is 8.60 Å². The van der Waals surface area contributed by atoms with Crippen LogP contribution in [0.4, 0.5) is 4.53 Å². The van der Waals surface area contributed by atoms with Crippen molar-refractivity contribution in [1.29, 1.82) is 0 Å². The normalized spacial score (nSPS) is 13.3. The van der Waals surface area contributed by atoms with Gasteiger partial charge in [0.1, 0.15) is 11.5 Å². The predicted molar refractivity (Wildman–Crippen MR) is 157 cm³/mol. The van der Waals surface area contributed by atoms with Crippen molar-refractivity contribution in [3.63, 3.8) is 0 Å². The van der Waals surface area contributed by atoms with Crippen LogP contribution in [0.25, 0.3) is 0 Å². The second-order valence-corrected chi connectivity index (χ2v) is 15.1. The molecule has 0 fully saturated rings. The van der Waals surface area contributed by atoms with Crippen molar-refractivity contribution in [2.45, 2.75) is 131 Å². The summed E-state index contributed by atoms with van der Waals surface area (Å²) in [7, 11) is -2.37. The zero-order chi connectivity index (χ0) is 28.6. The van der Waals surface area contributed by atoms with E-state index in [-0.39, 0.29) is 21.7 Å². The van der Waals surface area contributed by atoms with E-state index in [2.05, 4.69) is 126 Å². The highest BCUT2D eigenvalue weighted by molar-refractivity contribution is 7.42. The Hall–Kier alpha value is -1.64. The van der Waals surface area contributed by atoms with Gasteiger partial charge in [0.25, 0.3) is 0 Å². The zero-order valence-corrected chi connectivity index (χ0v) is 26.7. The Morgan fingerprint density at radius 3 is 1.11 bits per heavy atom. The second kappa shape index (κ2) is 11.2. The van der Waals surface area contributed by atoms with Crippen LogP contribution in [0.3, 0.4) is 0 Å². The van der Waals surface area contributed by atoms with Gasteiger partial charge in [-0.15, -0.1) is 0 Å². The first-order chi connectivity index (χ1) is 16.8. The largest absolute Gasteiger partial charge is 0.497 e. The van der Waals surface area contributed by atoms with Gasteiger partial charge in [0.05, 0.1) is 0 Å². The van der Waals surface area contributed by atoms with Gasteiger partial charge in [0.15, 0.2) is 0 Å². The summed E-state index contributed by atoms with van der Waals surface area (Å²) in [5.74, 6) is 1.34. The molecule has 0 aromatic heterocycles. The Kier molecular flexibility index (Phi) is 9.58. The molecule has 0 bridgehead atoms. The molecule has 0 spiro atoms. The highest BCUT2D eigenvalue weighted by Gasteiger charge is 2.35. The van der Waals surface area contributed by atoms with E-state index in [0.717, 1.165) is 35.1 Å². The maximum atomic E-state index is 14.4. The number of hydrogen-bond donors (Lipinski definition) is 0. The Balaban J connectivity index is 2.80. The van der Waals surface area contributed by atoms with E-state index in [4.69, 9.17) is 9.05 Å². The molecule has 0 saturated carbocycles. The second-order valence-electron chi connectivity index (χ2n) is 14.1. The third-order valence-electron chi connectivity index (χ3n) is 6.75. The van der Waals surface area contributed by atoms with Gasteiger partial charge >= 0.3 is 8.60 Å². The molecular weight excluding hydrogens is 482 g/mol. The number of hydrogen-bond acceptors (Lipinski definition) is 3. The fourth-order valence-corrected chi connectivity index (χ4v) is 5.82. The fourth-order valence-electron chi connectivity index (χ4n) is 5.05. The highest BCUT2D eigenvalue weighted by atomic mass is 31.2. The van der Waals surface area contributed by atoms with E-state index >= 15 is 0 Å². The van der Waals surface area contributed by atoms with Gasteiger partial charge in [-0.05, 0) is 50.2 Å². The maximum absolute atomic E-state index is 14.4. The minimum Gasteiger partial charge on any atom is -0.415 e. The van der Waals surface area contributed by atoms with Gasteiger partial charge in [0, 0.05) is 22.3 Å². The molecule has 2 aromatic rings. The van der Waals surface area contributed by atoms with Crippen LogP contribution in [-0.2, 0) is 39.2 Å². The zero-order valence-electron chi connectivity index (χ0n) is 25.8. The average molecular weight is 533 g/mol. The molecule has 2 aromatic carbocycles. The number of rotatable bonds is 7. The molecule has 0 radical (unpaired) electrons. The molecule has 0 heterocycles. The van der Waals surface area contributed by atoms with Crippen LogP contribution in [-0.4, -0.2) is 0 Å². The van der Waals surface area contributed by atoms with E-state index in [1.807, 2.05) is 0 Å². The van der Waals surface area contributed by atoms with Crippen molar-refractivity contribution < 1.29 is 18.3 Å². The molecule has 0 atom stereocenters. The molecule has 5 heteroatoms. The van der Waals surface area contributed by atoms with Gasteiger partial charge in [-0.3, -0.25) is 0 Å². The van der Waals surface area contributed by atoms with E-state index in [0.29, 0.717) is 11.5 Å². The first kappa shape index (κ1) is 31.6. The van der Waals surface area contributed by atoms with Gasteiger partial charge in [0.2, 0.25) is 0 Å². The third-order valence-corrected chi connectivity index (χ3v) is 7.53. The molecule has 0 saturated heterocycles. The first-order valence-corrected chi connectivity index (χ1v) is 14.6. The lowest BCUT2D eigenvalue weighted by Gasteiger charge is -2.34. The molecular formula is C32H50FO3P. The van der Waals surface area contributed by atoms with Crippen LogP contribution in [0.1, 0.15) is 130 Å². The summed E-state index contributed by atoms with van der Waals surface area (Å²) in [6, 6.07) is 8.56. The molecule has 0 aliphatic heterocycles. The number of halogens is 1. The summed E-state index contributed by atoms with van der Waals surface area (Å²) in [6.07, 6.45) is 1.70. The lowest BCUT2D eigenvalue weighted by Crippen LogP contribution is -2.22. The minimum atomic E-state index is -2.37. The minimum absolute atomic E-state index is 0.214. The van der Waals surface area contributed by atoms with Crippen LogP contribution in [0, 0.1) is 0 Å². The molecule has 0 aliphatic rings. The lowest BCUT2D eigenvalue weighted by molar-refractivity contribution is -0.0161. The van der Waals surface area contributed by atoms with Crippen LogP contribution in [0.15, 0.2) is 24.3 Å². The number of benzene rings is 2. The molecule has 0 aliphatic carbocycles.